The molecule has 0 saturated carbocycles. The first-order valence-corrected chi connectivity index (χ1v) is 16.2. The zero-order valence-electron chi connectivity index (χ0n) is 26.9. The highest BCUT2D eigenvalue weighted by Crippen LogP contribution is 2.37. The van der Waals surface area contributed by atoms with Crippen molar-refractivity contribution in [3.63, 3.8) is 0 Å². The van der Waals surface area contributed by atoms with Crippen LogP contribution in [-0.2, 0) is 0 Å². The second-order valence-electron chi connectivity index (χ2n) is 11.0. The normalized spacial score (nSPS) is 10.5. The number of hydrogen-bond acceptors (Lipinski definition) is 4. The van der Waals surface area contributed by atoms with E-state index in [1.54, 1.807) is 0 Å². The highest BCUT2D eigenvalue weighted by Gasteiger charge is 2.18. The molecule has 232 valence electrons. The lowest BCUT2D eigenvalue weighted by molar-refractivity contribution is 0.589. The van der Waals surface area contributed by atoms with Crippen LogP contribution >= 0.6 is 0 Å². The van der Waals surface area contributed by atoms with Gasteiger partial charge in [-0.1, -0.05) is 115 Å². The number of para-hydroxylation sites is 3. The predicted octanol–water partition coefficient (Wildman–Crippen LogP) is 11.7. The van der Waals surface area contributed by atoms with E-state index in [1.807, 2.05) is 66.7 Å². The van der Waals surface area contributed by atoms with Gasteiger partial charge < -0.3 is 14.2 Å². The molecule has 0 fully saturated rings. The van der Waals surface area contributed by atoms with Gasteiger partial charge in [0.1, 0.15) is 5.69 Å². The first-order chi connectivity index (χ1) is 23.2. The number of oxazole rings is 1. The third-order valence-corrected chi connectivity index (χ3v) is 8.00. The molecule has 0 aliphatic carbocycles. The van der Waals surface area contributed by atoms with Crippen molar-refractivity contribution >= 4 is 22.7 Å². The third kappa shape index (κ3) is 7.51. The third-order valence-electron chi connectivity index (χ3n) is 8.00. The van der Waals surface area contributed by atoms with Crippen LogP contribution in [0.15, 0.2) is 180 Å². The first-order valence-electron chi connectivity index (χ1n) is 16.2. The molecule has 0 spiro atoms. The molecular formula is C43H39N3O. The molecule has 0 aliphatic heterocycles. The summed E-state index contributed by atoms with van der Waals surface area (Å²) in [6, 6.07) is 60.0. The summed E-state index contributed by atoms with van der Waals surface area (Å²) >= 11 is 0. The Kier molecular flexibility index (Phi) is 10.2. The SMILES string of the molecule is CCN(CC)c1ccc(-c2nc(-c3ccccc3)oc2-c2ccccc2)cc1.c1ccc(N(c2ccccc2)c2ccccc2)cc1. The zero-order valence-corrected chi connectivity index (χ0v) is 26.9. The lowest BCUT2D eigenvalue weighted by Crippen LogP contribution is -2.21. The maximum absolute atomic E-state index is 6.24. The number of nitrogens with zero attached hydrogens (tertiary/aromatic N) is 3. The highest BCUT2D eigenvalue weighted by atomic mass is 16.4. The Labute approximate surface area is 278 Å². The standard InChI is InChI=1S/C25H24N2O.C18H15N/c1-3-27(4-2)22-17-15-19(16-18-22)23-24(20-11-7-5-8-12-20)28-25(26-23)21-13-9-6-10-14-21;1-4-10-16(11-5-1)19(17-12-6-2-7-13-17)18-14-8-3-9-15-18/h5-18H,3-4H2,1-2H3;1-15H. The van der Waals surface area contributed by atoms with Gasteiger partial charge in [-0.15, -0.1) is 0 Å². The first kappa shape index (κ1) is 31.1. The summed E-state index contributed by atoms with van der Waals surface area (Å²) in [5.41, 5.74) is 8.66. The molecule has 47 heavy (non-hydrogen) atoms. The summed E-state index contributed by atoms with van der Waals surface area (Å²) in [6.45, 7) is 6.34. The van der Waals surface area contributed by atoms with Crippen LogP contribution in [-0.4, -0.2) is 18.1 Å². The average molecular weight is 614 g/mol. The molecule has 0 aliphatic rings. The lowest BCUT2D eigenvalue weighted by Gasteiger charge is -2.25. The van der Waals surface area contributed by atoms with Crippen molar-refractivity contribution < 1.29 is 4.42 Å². The van der Waals surface area contributed by atoms with E-state index in [0.717, 1.165) is 41.2 Å². The minimum absolute atomic E-state index is 0.641. The smallest absolute Gasteiger partial charge is 0.227 e. The lowest BCUT2D eigenvalue weighted by atomic mass is 10.1. The van der Waals surface area contributed by atoms with E-state index >= 15 is 0 Å². The largest absolute Gasteiger partial charge is 0.435 e. The van der Waals surface area contributed by atoms with Crippen molar-refractivity contribution in [3.8, 4) is 34.0 Å². The monoisotopic (exact) mass is 613 g/mol. The molecule has 1 aromatic heterocycles. The fraction of sp³-hybridized carbons (Fsp3) is 0.0930. The Hall–Kier alpha value is -5.87. The fourth-order valence-electron chi connectivity index (χ4n) is 5.60. The Morgan fingerprint density at radius 3 is 1.26 bits per heavy atom. The van der Waals surface area contributed by atoms with Crippen LogP contribution < -0.4 is 9.80 Å². The van der Waals surface area contributed by atoms with Crippen molar-refractivity contribution in [1.29, 1.82) is 0 Å². The average Bonchev–Trinajstić information content (AvgIpc) is 3.61. The number of rotatable bonds is 9. The minimum Gasteiger partial charge on any atom is -0.435 e. The van der Waals surface area contributed by atoms with Crippen molar-refractivity contribution in [2.45, 2.75) is 13.8 Å². The van der Waals surface area contributed by atoms with Crippen LogP contribution in [0, 0.1) is 0 Å². The van der Waals surface area contributed by atoms with Gasteiger partial charge in [0.2, 0.25) is 5.89 Å². The summed E-state index contributed by atoms with van der Waals surface area (Å²) in [7, 11) is 0. The molecule has 0 radical (unpaired) electrons. The highest BCUT2D eigenvalue weighted by molar-refractivity contribution is 5.80. The van der Waals surface area contributed by atoms with Gasteiger partial charge in [-0.3, -0.25) is 0 Å². The molecule has 0 unspecified atom stereocenters. The molecule has 0 N–H and O–H groups in total. The molecule has 0 saturated heterocycles. The van der Waals surface area contributed by atoms with Crippen LogP contribution in [0.2, 0.25) is 0 Å². The molecule has 7 aromatic rings. The molecule has 4 heteroatoms. The van der Waals surface area contributed by atoms with Crippen molar-refractivity contribution in [1.82, 2.24) is 4.98 Å². The van der Waals surface area contributed by atoms with Crippen LogP contribution in [0.3, 0.4) is 0 Å². The molecule has 4 nitrogen and oxygen atoms in total. The molecule has 7 rings (SSSR count). The minimum atomic E-state index is 0.641. The molecule has 6 aromatic carbocycles. The van der Waals surface area contributed by atoms with Crippen molar-refractivity contribution in [3.05, 3.63) is 176 Å². The van der Waals surface area contributed by atoms with E-state index in [9.17, 15) is 0 Å². The second kappa shape index (κ2) is 15.4. The second-order valence-corrected chi connectivity index (χ2v) is 11.0. The summed E-state index contributed by atoms with van der Waals surface area (Å²) in [4.78, 5) is 9.45. The number of aromatic nitrogens is 1. The zero-order chi connectivity index (χ0) is 32.3. The van der Waals surface area contributed by atoms with Gasteiger partial charge in [-0.25, -0.2) is 4.98 Å². The van der Waals surface area contributed by atoms with E-state index in [2.05, 4.69) is 133 Å². The molecule has 0 amide bonds. The van der Waals surface area contributed by atoms with Gasteiger partial charge in [0.15, 0.2) is 5.76 Å². The van der Waals surface area contributed by atoms with Gasteiger partial charge in [0.25, 0.3) is 0 Å². The Balaban J connectivity index is 0.000000177. The van der Waals surface area contributed by atoms with Crippen LogP contribution in [0.4, 0.5) is 22.7 Å². The van der Waals surface area contributed by atoms with Crippen LogP contribution in [0.5, 0.6) is 0 Å². The number of hydrogen-bond donors (Lipinski definition) is 0. The van der Waals surface area contributed by atoms with Crippen molar-refractivity contribution in [2.24, 2.45) is 0 Å². The van der Waals surface area contributed by atoms with E-state index in [-0.39, 0.29) is 0 Å². The maximum Gasteiger partial charge on any atom is 0.227 e. The summed E-state index contributed by atoms with van der Waals surface area (Å²) in [6.07, 6.45) is 0. The number of anilines is 4. The molecule has 1 heterocycles. The van der Waals surface area contributed by atoms with Gasteiger partial charge >= 0.3 is 0 Å². The Bertz CT molecular complexity index is 1830. The van der Waals surface area contributed by atoms with Gasteiger partial charge in [0, 0.05) is 52.5 Å². The summed E-state index contributed by atoms with van der Waals surface area (Å²) in [5.74, 6) is 1.44. The van der Waals surface area contributed by atoms with E-state index < -0.39 is 0 Å². The summed E-state index contributed by atoms with van der Waals surface area (Å²) in [5, 5.41) is 0. The summed E-state index contributed by atoms with van der Waals surface area (Å²) < 4.78 is 6.24. The van der Waals surface area contributed by atoms with Gasteiger partial charge in [0.05, 0.1) is 0 Å². The van der Waals surface area contributed by atoms with E-state index in [4.69, 9.17) is 9.40 Å². The van der Waals surface area contributed by atoms with E-state index in [1.165, 1.54) is 22.7 Å². The molecule has 0 bridgehead atoms. The quantitative estimate of drug-likeness (QED) is 0.162. The molecule has 0 atom stereocenters. The topological polar surface area (TPSA) is 32.5 Å². The van der Waals surface area contributed by atoms with E-state index in [0.29, 0.717) is 5.89 Å². The Morgan fingerprint density at radius 1 is 0.426 bits per heavy atom. The van der Waals surface area contributed by atoms with Crippen LogP contribution in [0.25, 0.3) is 34.0 Å². The van der Waals surface area contributed by atoms with Gasteiger partial charge in [-0.2, -0.15) is 0 Å². The fourth-order valence-corrected chi connectivity index (χ4v) is 5.60. The maximum atomic E-state index is 6.24. The Morgan fingerprint density at radius 2 is 0.830 bits per heavy atom. The van der Waals surface area contributed by atoms with Gasteiger partial charge in [-0.05, 0) is 74.5 Å². The number of benzene rings is 6. The van der Waals surface area contributed by atoms with Crippen molar-refractivity contribution in [2.75, 3.05) is 22.9 Å². The van der Waals surface area contributed by atoms with Crippen LogP contribution in [0.1, 0.15) is 13.8 Å². The predicted molar refractivity (Wildman–Crippen MR) is 197 cm³/mol. The molecular weight excluding hydrogens is 574 g/mol.